The molecule has 0 saturated heterocycles. The van der Waals surface area contributed by atoms with E-state index in [9.17, 15) is 9.50 Å². The summed E-state index contributed by atoms with van der Waals surface area (Å²) >= 11 is 0. The molecule has 1 aliphatic carbocycles. The minimum atomic E-state index is -0.432. The maximum Gasteiger partial charge on any atom is 0.126 e. The second-order valence-electron chi connectivity index (χ2n) is 5.65. The van der Waals surface area contributed by atoms with Crippen LogP contribution < -0.4 is 0 Å². The van der Waals surface area contributed by atoms with Crippen LogP contribution in [0.2, 0.25) is 0 Å². The lowest BCUT2D eigenvalue weighted by atomic mass is 9.76. The number of halogens is 1. The number of hydrogen-bond acceptors (Lipinski definition) is 1. The van der Waals surface area contributed by atoms with Gasteiger partial charge in [0.1, 0.15) is 5.82 Å². The molecule has 2 rings (SSSR count). The van der Waals surface area contributed by atoms with Crippen LogP contribution in [-0.2, 0) is 0 Å². The van der Waals surface area contributed by atoms with Crippen molar-refractivity contribution in [2.75, 3.05) is 0 Å². The highest BCUT2D eigenvalue weighted by Gasteiger charge is 2.27. The smallest absolute Gasteiger partial charge is 0.126 e. The molecular formula is C16H23FO. The van der Waals surface area contributed by atoms with E-state index in [4.69, 9.17) is 0 Å². The van der Waals surface area contributed by atoms with Gasteiger partial charge in [0.25, 0.3) is 0 Å². The Hall–Kier alpha value is -0.890. The molecule has 1 aromatic carbocycles. The van der Waals surface area contributed by atoms with E-state index in [-0.39, 0.29) is 5.82 Å². The van der Waals surface area contributed by atoms with Gasteiger partial charge in [-0.3, -0.25) is 0 Å². The lowest BCUT2D eigenvalue weighted by molar-refractivity contribution is 0.0677. The van der Waals surface area contributed by atoms with Crippen LogP contribution in [0, 0.1) is 24.6 Å². The molecule has 1 aliphatic rings. The fraction of sp³-hybridized carbons (Fsp3) is 0.625. The van der Waals surface area contributed by atoms with Crippen molar-refractivity contribution in [2.24, 2.45) is 11.8 Å². The molecule has 0 amide bonds. The Balaban J connectivity index is 2.10. The summed E-state index contributed by atoms with van der Waals surface area (Å²) < 4.78 is 13.2. The van der Waals surface area contributed by atoms with Crippen molar-refractivity contribution in [3.8, 4) is 0 Å². The molecule has 0 bridgehead atoms. The molecule has 1 saturated carbocycles. The summed E-state index contributed by atoms with van der Waals surface area (Å²) in [6.45, 7) is 3.97. The van der Waals surface area contributed by atoms with E-state index < -0.39 is 6.10 Å². The Morgan fingerprint density at radius 2 is 2.17 bits per heavy atom. The van der Waals surface area contributed by atoms with Gasteiger partial charge in [-0.05, 0) is 48.8 Å². The molecule has 1 aromatic rings. The molecule has 100 valence electrons. The summed E-state index contributed by atoms with van der Waals surface area (Å²) in [4.78, 5) is 0. The zero-order valence-corrected chi connectivity index (χ0v) is 11.3. The van der Waals surface area contributed by atoms with Crippen molar-refractivity contribution >= 4 is 0 Å². The first-order valence-electron chi connectivity index (χ1n) is 7.06. The number of aliphatic hydroxyl groups excluding tert-OH is 1. The third-order valence-electron chi connectivity index (χ3n) is 4.37. The third kappa shape index (κ3) is 2.92. The minimum absolute atomic E-state index is 0.193. The first-order chi connectivity index (χ1) is 8.61. The van der Waals surface area contributed by atoms with Crippen molar-refractivity contribution < 1.29 is 9.50 Å². The van der Waals surface area contributed by atoms with Crippen LogP contribution in [0.15, 0.2) is 18.2 Å². The van der Waals surface area contributed by atoms with E-state index in [1.54, 1.807) is 19.1 Å². The maximum atomic E-state index is 13.2. The minimum Gasteiger partial charge on any atom is -0.388 e. The number of aryl methyl sites for hydroxylation is 1. The average molecular weight is 250 g/mol. The summed E-state index contributed by atoms with van der Waals surface area (Å²) in [6.07, 6.45) is 5.47. The van der Waals surface area contributed by atoms with Crippen LogP contribution in [0.1, 0.15) is 56.3 Å². The van der Waals surface area contributed by atoms with Crippen molar-refractivity contribution in [1.29, 1.82) is 0 Å². The Morgan fingerprint density at radius 3 is 2.83 bits per heavy atom. The van der Waals surface area contributed by atoms with Gasteiger partial charge in [0, 0.05) is 0 Å². The van der Waals surface area contributed by atoms with E-state index in [1.807, 2.05) is 0 Å². The highest BCUT2D eigenvalue weighted by atomic mass is 19.1. The van der Waals surface area contributed by atoms with Gasteiger partial charge in [-0.15, -0.1) is 0 Å². The van der Waals surface area contributed by atoms with Crippen molar-refractivity contribution in [3.05, 3.63) is 35.1 Å². The van der Waals surface area contributed by atoms with Gasteiger partial charge in [-0.25, -0.2) is 4.39 Å². The average Bonchev–Trinajstić information content (AvgIpc) is 2.41. The van der Waals surface area contributed by atoms with Gasteiger partial charge >= 0.3 is 0 Å². The molecule has 3 atom stereocenters. The summed E-state index contributed by atoms with van der Waals surface area (Å²) in [6, 6.07) is 4.98. The van der Waals surface area contributed by atoms with E-state index in [0.29, 0.717) is 11.5 Å². The van der Waals surface area contributed by atoms with Gasteiger partial charge in [0.05, 0.1) is 6.10 Å². The highest BCUT2D eigenvalue weighted by Crippen LogP contribution is 2.38. The summed E-state index contributed by atoms with van der Waals surface area (Å²) in [5.41, 5.74) is 1.49. The molecule has 1 nitrogen and oxygen atoms in total. The van der Waals surface area contributed by atoms with Crippen molar-refractivity contribution in [3.63, 3.8) is 0 Å². The predicted molar refractivity (Wildman–Crippen MR) is 71.8 cm³/mol. The van der Waals surface area contributed by atoms with Crippen LogP contribution in [-0.4, -0.2) is 5.11 Å². The second kappa shape index (κ2) is 5.83. The molecule has 3 unspecified atom stereocenters. The van der Waals surface area contributed by atoms with E-state index >= 15 is 0 Å². The lowest BCUT2D eigenvalue weighted by Gasteiger charge is -2.32. The first kappa shape index (κ1) is 13.5. The normalized spacial score (nSPS) is 26.0. The molecular weight excluding hydrogens is 227 g/mol. The molecule has 0 radical (unpaired) electrons. The molecule has 2 heteroatoms. The van der Waals surface area contributed by atoms with Gasteiger partial charge in [0.15, 0.2) is 0 Å². The fourth-order valence-electron chi connectivity index (χ4n) is 3.11. The van der Waals surface area contributed by atoms with Gasteiger partial charge in [0.2, 0.25) is 0 Å². The van der Waals surface area contributed by atoms with Crippen molar-refractivity contribution in [1.82, 2.24) is 0 Å². The van der Waals surface area contributed by atoms with Crippen LogP contribution in [0.4, 0.5) is 4.39 Å². The Bertz CT molecular complexity index is 402. The SMILES string of the molecule is CCC1CCCC(C(O)c2ccc(F)c(C)c2)C1. The van der Waals surface area contributed by atoms with Gasteiger partial charge < -0.3 is 5.11 Å². The molecule has 0 aromatic heterocycles. The Labute approximate surface area is 109 Å². The molecule has 0 heterocycles. The van der Waals surface area contributed by atoms with E-state index in [2.05, 4.69) is 6.92 Å². The summed E-state index contributed by atoms with van der Waals surface area (Å²) in [7, 11) is 0. The number of benzene rings is 1. The molecule has 0 spiro atoms. The van der Waals surface area contributed by atoms with Gasteiger partial charge in [-0.1, -0.05) is 38.3 Å². The topological polar surface area (TPSA) is 20.2 Å². The van der Waals surface area contributed by atoms with Crippen LogP contribution >= 0.6 is 0 Å². The number of aliphatic hydroxyl groups is 1. The summed E-state index contributed by atoms with van der Waals surface area (Å²) in [5.74, 6) is 0.898. The molecule has 18 heavy (non-hydrogen) atoms. The fourth-order valence-corrected chi connectivity index (χ4v) is 3.11. The second-order valence-corrected chi connectivity index (χ2v) is 5.65. The summed E-state index contributed by atoms with van der Waals surface area (Å²) in [5, 5.41) is 10.5. The largest absolute Gasteiger partial charge is 0.388 e. The Kier molecular flexibility index (Phi) is 4.39. The zero-order valence-electron chi connectivity index (χ0n) is 11.3. The Morgan fingerprint density at radius 1 is 1.39 bits per heavy atom. The molecule has 0 aliphatic heterocycles. The van der Waals surface area contributed by atoms with E-state index in [1.165, 1.54) is 25.3 Å². The van der Waals surface area contributed by atoms with Gasteiger partial charge in [-0.2, -0.15) is 0 Å². The number of rotatable bonds is 3. The standard InChI is InChI=1S/C16H23FO/c1-3-12-5-4-6-13(10-12)16(18)14-7-8-15(17)11(2)9-14/h7-9,12-13,16,18H,3-6,10H2,1-2H3. The highest BCUT2D eigenvalue weighted by molar-refractivity contribution is 5.26. The van der Waals surface area contributed by atoms with Crippen molar-refractivity contribution in [2.45, 2.75) is 52.1 Å². The first-order valence-corrected chi connectivity index (χ1v) is 7.06. The predicted octanol–water partition coefficient (Wildman–Crippen LogP) is 4.38. The number of hydrogen-bond donors (Lipinski definition) is 1. The zero-order chi connectivity index (χ0) is 13.1. The van der Waals surface area contributed by atoms with Crippen LogP contribution in [0.3, 0.4) is 0 Å². The molecule has 1 fully saturated rings. The quantitative estimate of drug-likeness (QED) is 0.843. The van der Waals surface area contributed by atoms with E-state index in [0.717, 1.165) is 24.3 Å². The lowest BCUT2D eigenvalue weighted by Crippen LogP contribution is -2.21. The third-order valence-corrected chi connectivity index (χ3v) is 4.37. The monoisotopic (exact) mass is 250 g/mol. The van der Waals surface area contributed by atoms with Crippen LogP contribution in [0.5, 0.6) is 0 Å². The maximum absolute atomic E-state index is 13.2. The molecule has 1 N–H and O–H groups in total. The van der Waals surface area contributed by atoms with Crippen LogP contribution in [0.25, 0.3) is 0 Å².